The Morgan fingerprint density at radius 1 is 0.784 bits per heavy atom. The predicted octanol–water partition coefficient (Wildman–Crippen LogP) is 8.26. The van der Waals surface area contributed by atoms with Crippen LogP contribution in [0.1, 0.15) is 82.6 Å². The fraction of sp³-hybridized carbons (Fsp3) is 0.394. The van der Waals surface area contributed by atoms with Crippen LogP contribution in [-0.2, 0) is 17.8 Å². The number of hydrogen-bond donors (Lipinski definition) is 1. The third-order valence-electron chi connectivity index (χ3n) is 7.11. The number of imidazole rings is 1. The normalized spacial score (nSPS) is 12.1. The maximum absolute atomic E-state index is 12.9. The maximum Gasteiger partial charge on any atom is 0.224 e. The molecular weight excluding hydrogens is 454 g/mol. The van der Waals surface area contributed by atoms with Crippen LogP contribution in [0, 0.1) is 0 Å². The van der Waals surface area contributed by atoms with Crippen molar-refractivity contribution < 1.29 is 4.79 Å². The van der Waals surface area contributed by atoms with Crippen molar-refractivity contribution in [1.29, 1.82) is 0 Å². The van der Waals surface area contributed by atoms with Crippen molar-refractivity contribution >= 4 is 16.9 Å². The largest absolute Gasteiger partial charge is 0.346 e. The molecule has 0 fully saturated rings. The van der Waals surface area contributed by atoms with Crippen molar-refractivity contribution in [3.63, 3.8) is 0 Å². The Balaban J connectivity index is 1.34. The molecule has 194 valence electrons. The highest BCUT2D eigenvalue weighted by atomic mass is 16.1. The van der Waals surface area contributed by atoms with Crippen molar-refractivity contribution in [3.8, 4) is 11.1 Å². The molecule has 1 atom stereocenters. The molecule has 4 heteroatoms. The first-order valence-corrected chi connectivity index (χ1v) is 14.0. The van der Waals surface area contributed by atoms with Crippen LogP contribution in [0.4, 0.5) is 0 Å². The van der Waals surface area contributed by atoms with Gasteiger partial charge in [-0.1, -0.05) is 119 Å². The monoisotopic (exact) mass is 495 g/mol. The van der Waals surface area contributed by atoms with Crippen LogP contribution < -0.4 is 5.32 Å². The first kappa shape index (κ1) is 26.7. The smallest absolute Gasteiger partial charge is 0.224 e. The summed E-state index contributed by atoms with van der Waals surface area (Å²) >= 11 is 0. The molecule has 0 aliphatic carbocycles. The van der Waals surface area contributed by atoms with Gasteiger partial charge in [-0.25, -0.2) is 4.98 Å². The second-order valence-electron chi connectivity index (χ2n) is 10.1. The molecule has 1 heterocycles. The highest BCUT2D eigenvalue weighted by molar-refractivity contribution is 5.80. The number of aromatic nitrogens is 2. The number of rotatable bonds is 14. The molecule has 1 N–H and O–H groups in total. The Labute approximate surface area is 222 Å². The summed E-state index contributed by atoms with van der Waals surface area (Å²) in [6, 6.07) is 26.7. The molecule has 0 spiro atoms. The number of carbonyl (C=O) groups is 1. The Hall–Kier alpha value is -3.40. The molecule has 0 bridgehead atoms. The zero-order valence-corrected chi connectivity index (χ0v) is 22.5. The van der Waals surface area contributed by atoms with Gasteiger partial charge in [0.05, 0.1) is 23.5 Å². The summed E-state index contributed by atoms with van der Waals surface area (Å²) in [4.78, 5) is 17.9. The Morgan fingerprint density at radius 2 is 1.41 bits per heavy atom. The van der Waals surface area contributed by atoms with Gasteiger partial charge < -0.3 is 9.88 Å². The predicted molar refractivity (Wildman–Crippen MR) is 154 cm³/mol. The summed E-state index contributed by atoms with van der Waals surface area (Å²) in [5.74, 6) is 0.961. The number of hydrogen-bond acceptors (Lipinski definition) is 2. The Morgan fingerprint density at radius 3 is 2.14 bits per heavy atom. The van der Waals surface area contributed by atoms with E-state index in [9.17, 15) is 4.79 Å². The Kier molecular flexibility index (Phi) is 9.93. The molecule has 1 aromatic heterocycles. The lowest BCUT2D eigenvalue weighted by Crippen LogP contribution is -2.30. The number of para-hydroxylation sites is 2. The maximum atomic E-state index is 12.9. The summed E-state index contributed by atoms with van der Waals surface area (Å²) in [7, 11) is 0. The van der Waals surface area contributed by atoms with Crippen LogP contribution in [0.15, 0.2) is 78.9 Å². The number of unbranched alkanes of at least 4 members (excludes halogenated alkanes) is 7. The molecule has 4 nitrogen and oxygen atoms in total. The minimum Gasteiger partial charge on any atom is -0.346 e. The zero-order chi connectivity index (χ0) is 25.9. The van der Waals surface area contributed by atoms with E-state index in [2.05, 4.69) is 59.3 Å². The zero-order valence-electron chi connectivity index (χ0n) is 22.5. The van der Waals surface area contributed by atoms with Crippen molar-refractivity contribution in [3.05, 3.63) is 90.3 Å². The molecule has 0 radical (unpaired) electrons. The molecule has 0 saturated heterocycles. The molecule has 37 heavy (non-hydrogen) atoms. The van der Waals surface area contributed by atoms with Gasteiger partial charge in [0, 0.05) is 6.54 Å². The van der Waals surface area contributed by atoms with Crippen LogP contribution in [0.25, 0.3) is 22.2 Å². The minimum atomic E-state index is -0.155. The van der Waals surface area contributed by atoms with Crippen LogP contribution in [0.3, 0.4) is 0 Å². The third kappa shape index (κ3) is 7.55. The third-order valence-corrected chi connectivity index (χ3v) is 7.11. The molecule has 0 aliphatic heterocycles. The summed E-state index contributed by atoms with van der Waals surface area (Å²) < 4.78 is 2.31. The average Bonchev–Trinajstić information content (AvgIpc) is 3.30. The van der Waals surface area contributed by atoms with Crippen LogP contribution in [0.5, 0.6) is 0 Å². The van der Waals surface area contributed by atoms with Crippen LogP contribution in [-0.4, -0.2) is 15.5 Å². The van der Waals surface area contributed by atoms with Crippen molar-refractivity contribution in [1.82, 2.24) is 14.9 Å². The standard InChI is InChI=1S/C33H41N3O/c1-3-4-5-6-7-8-9-15-24-36-31-19-14-13-18-30(31)35-33(36)26(2)34-32(37)25-27-20-22-29(23-21-27)28-16-11-10-12-17-28/h10-14,16-23,26H,3-9,15,24-25H2,1-2H3,(H,34,37). The molecule has 4 rings (SSSR count). The molecule has 0 saturated carbocycles. The van der Waals surface area contributed by atoms with Gasteiger partial charge in [-0.2, -0.15) is 0 Å². The second-order valence-corrected chi connectivity index (χ2v) is 10.1. The fourth-order valence-corrected chi connectivity index (χ4v) is 5.05. The number of nitrogens with one attached hydrogen (secondary N) is 1. The molecule has 0 aliphatic rings. The SMILES string of the molecule is CCCCCCCCCCn1c(C(C)NC(=O)Cc2ccc(-c3ccccc3)cc2)nc2ccccc21. The lowest BCUT2D eigenvalue weighted by Gasteiger charge is -2.17. The van der Waals surface area contributed by atoms with E-state index in [1.807, 2.05) is 43.3 Å². The summed E-state index contributed by atoms with van der Waals surface area (Å²) in [5, 5.41) is 3.20. The molecule has 1 unspecified atom stereocenters. The average molecular weight is 496 g/mol. The van der Waals surface area contributed by atoms with Gasteiger partial charge >= 0.3 is 0 Å². The first-order valence-electron chi connectivity index (χ1n) is 14.0. The van der Waals surface area contributed by atoms with E-state index in [1.54, 1.807) is 0 Å². The molecule has 4 aromatic rings. The number of nitrogens with zero attached hydrogens (tertiary/aromatic N) is 2. The van der Waals surface area contributed by atoms with E-state index in [0.29, 0.717) is 6.42 Å². The summed E-state index contributed by atoms with van der Waals surface area (Å²) in [5.41, 5.74) is 5.50. The first-order chi connectivity index (χ1) is 18.2. The van der Waals surface area contributed by atoms with Gasteiger partial charge in [0.2, 0.25) is 5.91 Å². The van der Waals surface area contributed by atoms with Crippen molar-refractivity contribution in [2.75, 3.05) is 0 Å². The van der Waals surface area contributed by atoms with Gasteiger partial charge in [0.15, 0.2) is 0 Å². The number of fused-ring (bicyclic) bond motifs is 1. The van der Waals surface area contributed by atoms with Gasteiger partial charge in [-0.3, -0.25) is 4.79 Å². The number of benzene rings is 3. The van der Waals surface area contributed by atoms with Crippen LogP contribution >= 0.6 is 0 Å². The molecular formula is C33H41N3O. The van der Waals surface area contributed by atoms with E-state index in [4.69, 9.17) is 4.98 Å². The van der Waals surface area contributed by atoms with Gasteiger partial charge in [-0.05, 0) is 42.2 Å². The second kappa shape index (κ2) is 13.8. The lowest BCUT2D eigenvalue weighted by molar-refractivity contribution is -0.121. The van der Waals surface area contributed by atoms with Gasteiger partial charge in [0.25, 0.3) is 0 Å². The molecule has 1 amide bonds. The van der Waals surface area contributed by atoms with Crippen molar-refractivity contribution in [2.45, 2.75) is 84.2 Å². The number of carbonyl (C=O) groups excluding carboxylic acids is 1. The van der Waals surface area contributed by atoms with E-state index >= 15 is 0 Å². The lowest BCUT2D eigenvalue weighted by atomic mass is 10.0. The topological polar surface area (TPSA) is 46.9 Å². The summed E-state index contributed by atoms with van der Waals surface area (Å²) in [6.45, 7) is 5.24. The van der Waals surface area contributed by atoms with Crippen molar-refractivity contribution in [2.24, 2.45) is 0 Å². The highest BCUT2D eigenvalue weighted by Crippen LogP contribution is 2.23. The fourth-order valence-electron chi connectivity index (χ4n) is 5.05. The van der Waals surface area contributed by atoms with E-state index in [1.165, 1.54) is 50.5 Å². The quantitative estimate of drug-likeness (QED) is 0.179. The van der Waals surface area contributed by atoms with E-state index < -0.39 is 0 Å². The number of amides is 1. The van der Waals surface area contributed by atoms with E-state index in [-0.39, 0.29) is 11.9 Å². The highest BCUT2D eigenvalue weighted by Gasteiger charge is 2.18. The van der Waals surface area contributed by atoms with Gasteiger partial charge in [0.1, 0.15) is 5.82 Å². The number of aryl methyl sites for hydroxylation is 1. The minimum absolute atomic E-state index is 0.0191. The van der Waals surface area contributed by atoms with Gasteiger partial charge in [-0.15, -0.1) is 0 Å². The molecule has 3 aromatic carbocycles. The van der Waals surface area contributed by atoms with E-state index in [0.717, 1.165) is 41.0 Å². The Bertz CT molecular complexity index is 1240. The van der Waals surface area contributed by atoms with Crippen LogP contribution in [0.2, 0.25) is 0 Å². The summed E-state index contributed by atoms with van der Waals surface area (Å²) in [6.07, 6.45) is 10.7.